The van der Waals surface area contributed by atoms with Crippen molar-refractivity contribution in [1.82, 2.24) is 0 Å². The predicted molar refractivity (Wildman–Crippen MR) is 39.6 cm³/mol. The minimum Gasteiger partial charge on any atom is -0.465 e. The first kappa shape index (κ1) is 6.28. The molecule has 0 spiro atoms. The van der Waals surface area contributed by atoms with Crippen molar-refractivity contribution in [3.05, 3.63) is 11.0 Å². The molecule has 2 atom stereocenters. The molecule has 1 saturated carbocycles. The van der Waals surface area contributed by atoms with E-state index in [0.29, 0.717) is 11.2 Å². The van der Waals surface area contributed by atoms with Crippen LogP contribution in [-0.2, 0) is 9.53 Å². The fourth-order valence-electron chi connectivity index (χ4n) is 1.11. The summed E-state index contributed by atoms with van der Waals surface area (Å²) in [5, 5.41) is 0.703. The number of ether oxygens (including phenoxy) is 1. The third-order valence-corrected chi connectivity index (χ3v) is 3.21. The van der Waals surface area contributed by atoms with Gasteiger partial charge in [-0.1, -0.05) is 6.08 Å². The summed E-state index contributed by atoms with van der Waals surface area (Å²) in [5.74, 6) is 0.510. The van der Waals surface area contributed by atoms with Crippen LogP contribution in [0.15, 0.2) is 11.0 Å². The Kier molecular flexibility index (Phi) is 1.27. The van der Waals surface area contributed by atoms with Gasteiger partial charge >= 0.3 is 5.97 Å². The van der Waals surface area contributed by atoms with Crippen LogP contribution in [0, 0.1) is 5.92 Å². The number of allylic oxidation sites excluding steroid dienone is 1. The van der Waals surface area contributed by atoms with Gasteiger partial charge in [0.15, 0.2) is 0 Å². The van der Waals surface area contributed by atoms with E-state index in [0.717, 1.165) is 4.91 Å². The van der Waals surface area contributed by atoms with Gasteiger partial charge < -0.3 is 4.74 Å². The molecule has 1 aliphatic heterocycles. The van der Waals surface area contributed by atoms with Gasteiger partial charge in [0.25, 0.3) is 0 Å². The Morgan fingerprint density at radius 1 is 1.90 bits per heavy atom. The molecular weight excluding hydrogens is 148 g/mol. The summed E-state index contributed by atoms with van der Waals surface area (Å²) in [4.78, 5) is 11.7. The van der Waals surface area contributed by atoms with Crippen molar-refractivity contribution in [2.75, 3.05) is 7.11 Å². The van der Waals surface area contributed by atoms with Crippen molar-refractivity contribution in [2.24, 2.45) is 5.92 Å². The van der Waals surface area contributed by atoms with Crippen LogP contribution in [0.4, 0.5) is 0 Å². The number of hydrogen-bond donors (Lipinski definition) is 0. The first-order valence-corrected chi connectivity index (χ1v) is 4.16. The molecule has 0 N–H and O–H groups in total. The van der Waals surface area contributed by atoms with Crippen LogP contribution in [0.2, 0.25) is 0 Å². The van der Waals surface area contributed by atoms with Crippen molar-refractivity contribution in [1.29, 1.82) is 0 Å². The molecule has 0 radical (unpaired) electrons. The molecule has 0 aromatic carbocycles. The number of esters is 1. The summed E-state index contributed by atoms with van der Waals surface area (Å²) < 4.78 is 4.57. The summed E-state index contributed by atoms with van der Waals surface area (Å²) in [7, 11) is 1.42. The van der Waals surface area contributed by atoms with Crippen LogP contribution in [-0.4, -0.2) is 18.3 Å². The lowest BCUT2D eigenvalue weighted by atomic mass is 10.4. The normalized spacial score (nSPS) is 34.7. The van der Waals surface area contributed by atoms with E-state index in [9.17, 15) is 4.79 Å². The smallest absolute Gasteiger partial charge is 0.344 e. The molecule has 3 heteroatoms. The van der Waals surface area contributed by atoms with Gasteiger partial charge in [0.05, 0.1) is 12.0 Å². The van der Waals surface area contributed by atoms with Gasteiger partial charge in [-0.2, -0.15) is 0 Å². The van der Waals surface area contributed by atoms with Crippen molar-refractivity contribution in [3.63, 3.8) is 0 Å². The molecule has 0 aromatic rings. The van der Waals surface area contributed by atoms with E-state index in [4.69, 9.17) is 0 Å². The summed E-state index contributed by atoms with van der Waals surface area (Å²) >= 11 is 1.66. The number of methoxy groups -OCH3 is 1. The van der Waals surface area contributed by atoms with Crippen molar-refractivity contribution in [2.45, 2.75) is 11.7 Å². The maximum atomic E-state index is 10.9. The Labute approximate surface area is 63.6 Å². The quantitative estimate of drug-likeness (QED) is 0.533. The van der Waals surface area contributed by atoms with E-state index >= 15 is 0 Å². The second-order valence-electron chi connectivity index (χ2n) is 2.58. The zero-order valence-corrected chi connectivity index (χ0v) is 6.48. The number of rotatable bonds is 1. The highest BCUT2D eigenvalue weighted by Crippen LogP contribution is 2.52. The largest absolute Gasteiger partial charge is 0.465 e. The molecule has 1 aliphatic carbocycles. The van der Waals surface area contributed by atoms with Gasteiger partial charge in [-0.3, -0.25) is 0 Å². The summed E-state index contributed by atoms with van der Waals surface area (Å²) in [6.07, 6.45) is 3.28. The molecule has 0 saturated heterocycles. The average Bonchev–Trinajstić information content (AvgIpc) is 2.57. The Balaban J connectivity index is 2.06. The van der Waals surface area contributed by atoms with E-state index in [1.165, 1.54) is 13.5 Å². The highest BCUT2D eigenvalue weighted by molar-refractivity contribution is 8.05. The molecule has 54 valence electrons. The average molecular weight is 156 g/mol. The van der Waals surface area contributed by atoms with Gasteiger partial charge in [-0.05, 0) is 12.3 Å². The van der Waals surface area contributed by atoms with E-state index < -0.39 is 0 Å². The monoisotopic (exact) mass is 156 g/mol. The van der Waals surface area contributed by atoms with Gasteiger partial charge in [0, 0.05) is 5.25 Å². The molecular formula is C7H8O2S. The molecule has 1 heterocycles. The zero-order chi connectivity index (χ0) is 7.14. The van der Waals surface area contributed by atoms with Crippen LogP contribution in [0.5, 0.6) is 0 Å². The third kappa shape index (κ3) is 0.850. The fourth-order valence-corrected chi connectivity index (χ4v) is 2.44. The number of hydrogen-bond acceptors (Lipinski definition) is 3. The minimum absolute atomic E-state index is 0.169. The lowest BCUT2D eigenvalue weighted by Crippen LogP contribution is -2.00. The molecule has 2 nitrogen and oxygen atoms in total. The molecule has 0 bridgehead atoms. The number of fused-ring (bicyclic) bond motifs is 1. The topological polar surface area (TPSA) is 26.3 Å². The Morgan fingerprint density at radius 2 is 2.70 bits per heavy atom. The van der Waals surface area contributed by atoms with Crippen LogP contribution >= 0.6 is 11.8 Å². The van der Waals surface area contributed by atoms with Crippen molar-refractivity contribution in [3.8, 4) is 0 Å². The van der Waals surface area contributed by atoms with Crippen molar-refractivity contribution < 1.29 is 9.53 Å². The summed E-state index contributed by atoms with van der Waals surface area (Å²) in [6.45, 7) is 0. The molecule has 2 unspecified atom stereocenters. The van der Waals surface area contributed by atoms with E-state index in [1.807, 2.05) is 6.08 Å². The number of thioether (sulfide) groups is 1. The van der Waals surface area contributed by atoms with Gasteiger partial charge in [-0.15, -0.1) is 11.8 Å². The van der Waals surface area contributed by atoms with Crippen LogP contribution < -0.4 is 0 Å². The fraction of sp³-hybridized carbons (Fsp3) is 0.571. The summed E-state index contributed by atoms with van der Waals surface area (Å²) in [6, 6.07) is 0. The molecule has 0 aromatic heterocycles. The zero-order valence-electron chi connectivity index (χ0n) is 5.66. The van der Waals surface area contributed by atoms with E-state index in [2.05, 4.69) is 4.74 Å². The molecule has 1 fully saturated rings. The number of carbonyl (C=O) groups is 1. The number of carbonyl (C=O) groups excluding carboxylic acids is 1. The molecule has 2 aliphatic rings. The minimum atomic E-state index is -0.169. The third-order valence-electron chi connectivity index (χ3n) is 1.81. The maximum absolute atomic E-state index is 10.9. The van der Waals surface area contributed by atoms with E-state index in [1.54, 1.807) is 11.8 Å². The lowest BCUT2D eigenvalue weighted by Gasteiger charge is -1.98. The molecule has 0 amide bonds. The highest BCUT2D eigenvalue weighted by atomic mass is 32.2. The lowest BCUT2D eigenvalue weighted by molar-refractivity contribution is -0.135. The summed E-state index contributed by atoms with van der Waals surface area (Å²) in [5.41, 5.74) is 0. The second kappa shape index (κ2) is 2.02. The van der Waals surface area contributed by atoms with Crippen LogP contribution in [0.3, 0.4) is 0 Å². The Bertz CT molecular complexity index is 210. The molecule has 2 rings (SSSR count). The predicted octanol–water partition coefficient (Wildman–Crippen LogP) is 1.18. The maximum Gasteiger partial charge on any atom is 0.344 e. The van der Waals surface area contributed by atoms with Crippen LogP contribution in [0.1, 0.15) is 6.42 Å². The first-order chi connectivity index (χ1) is 4.81. The Morgan fingerprint density at radius 3 is 3.20 bits per heavy atom. The van der Waals surface area contributed by atoms with Gasteiger partial charge in [-0.25, -0.2) is 4.79 Å². The van der Waals surface area contributed by atoms with Gasteiger partial charge in [0.1, 0.15) is 0 Å². The Hall–Kier alpha value is -0.440. The van der Waals surface area contributed by atoms with Crippen LogP contribution in [0.25, 0.3) is 0 Å². The molecule has 10 heavy (non-hydrogen) atoms. The second-order valence-corrected chi connectivity index (χ2v) is 3.86. The SMILES string of the molecule is COC(=O)C1=CC2CC2S1. The van der Waals surface area contributed by atoms with E-state index in [-0.39, 0.29) is 5.97 Å². The van der Waals surface area contributed by atoms with Gasteiger partial charge in [0.2, 0.25) is 0 Å². The standard InChI is InChI=1S/C7H8O2S/c1-9-7(8)6-3-4-2-5(4)10-6/h3-5H,2H2,1H3. The van der Waals surface area contributed by atoms with Crippen molar-refractivity contribution >= 4 is 17.7 Å². The highest BCUT2D eigenvalue weighted by Gasteiger charge is 2.43. The first-order valence-electron chi connectivity index (χ1n) is 3.28.